The van der Waals surface area contributed by atoms with Crippen molar-refractivity contribution in [3.8, 4) is 11.5 Å². The minimum Gasteiger partial charge on any atom is -0.508 e. The Labute approximate surface area is 199 Å². The molecule has 1 aliphatic rings. The third kappa shape index (κ3) is 6.71. The quantitative estimate of drug-likeness (QED) is 0.298. The predicted octanol–water partition coefficient (Wildman–Crippen LogP) is 5.33. The Balaban J connectivity index is 0.00000341. The maximum absolute atomic E-state index is 12.8. The standard InChI is InChI=1S/C23H26N2O3S2.ClH/c1-3-24(4-2)14-5-15-28-20-12-6-17(7-13-20)16-21-22(27)25(23(29)30-21)18-8-10-19(26)11-9-18;/h6-13,16,26H,3-5,14-15H2,1-2H3;1H/b21-16-;. The molecule has 3 rings (SSSR count). The van der Waals surface area contributed by atoms with E-state index in [-0.39, 0.29) is 24.1 Å². The summed E-state index contributed by atoms with van der Waals surface area (Å²) in [6, 6.07) is 14.1. The van der Waals surface area contributed by atoms with Crippen molar-refractivity contribution in [2.24, 2.45) is 0 Å². The summed E-state index contributed by atoms with van der Waals surface area (Å²) in [7, 11) is 0. The fraction of sp³-hybridized carbons (Fsp3) is 0.304. The molecule has 1 saturated heterocycles. The first-order valence-electron chi connectivity index (χ1n) is 10.0. The lowest BCUT2D eigenvalue weighted by Crippen LogP contribution is -2.27. The molecule has 1 fully saturated rings. The van der Waals surface area contributed by atoms with Gasteiger partial charge in [0.2, 0.25) is 0 Å². The van der Waals surface area contributed by atoms with Crippen molar-refractivity contribution >= 4 is 58.4 Å². The van der Waals surface area contributed by atoms with Crippen LogP contribution in [0.1, 0.15) is 25.8 Å². The zero-order valence-electron chi connectivity index (χ0n) is 17.6. The monoisotopic (exact) mass is 478 g/mol. The number of thiocarbonyl (C=S) groups is 1. The summed E-state index contributed by atoms with van der Waals surface area (Å²) in [5, 5.41) is 9.45. The van der Waals surface area contributed by atoms with E-state index in [9.17, 15) is 9.90 Å². The smallest absolute Gasteiger partial charge is 0.270 e. The van der Waals surface area contributed by atoms with Crippen molar-refractivity contribution in [1.82, 2.24) is 4.90 Å². The van der Waals surface area contributed by atoms with Crippen LogP contribution in [0.15, 0.2) is 53.4 Å². The number of nitrogens with zero attached hydrogens (tertiary/aromatic N) is 2. The number of amides is 1. The number of carbonyl (C=O) groups is 1. The number of thioether (sulfide) groups is 1. The van der Waals surface area contributed by atoms with Crippen molar-refractivity contribution in [1.29, 1.82) is 0 Å². The summed E-state index contributed by atoms with van der Waals surface area (Å²) >= 11 is 6.66. The molecule has 0 atom stereocenters. The molecule has 1 heterocycles. The van der Waals surface area contributed by atoms with Crippen LogP contribution in [0.2, 0.25) is 0 Å². The second-order valence-corrected chi connectivity index (χ2v) is 8.51. The molecule has 31 heavy (non-hydrogen) atoms. The van der Waals surface area contributed by atoms with E-state index in [1.807, 2.05) is 30.3 Å². The molecule has 0 radical (unpaired) electrons. The van der Waals surface area contributed by atoms with Gasteiger partial charge in [0.25, 0.3) is 5.91 Å². The van der Waals surface area contributed by atoms with E-state index in [4.69, 9.17) is 17.0 Å². The largest absolute Gasteiger partial charge is 0.508 e. The van der Waals surface area contributed by atoms with Gasteiger partial charge in [-0.2, -0.15) is 0 Å². The second-order valence-electron chi connectivity index (χ2n) is 6.83. The Morgan fingerprint density at radius 1 is 1.10 bits per heavy atom. The van der Waals surface area contributed by atoms with Crippen molar-refractivity contribution < 1.29 is 14.6 Å². The number of halogens is 1. The van der Waals surface area contributed by atoms with E-state index >= 15 is 0 Å². The van der Waals surface area contributed by atoms with Gasteiger partial charge in [-0.1, -0.05) is 50.0 Å². The Kier molecular flexibility index (Phi) is 9.84. The summed E-state index contributed by atoms with van der Waals surface area (Å²) in [6.45, 7) is 8.17. The van der Waals surface area contributed by atoms with Crippen molar-refractivity contribution in [3.05, 3.63) is 59.0 Å². The van der Waals surface area contributed by atoms with Crippen molar-refractivity contribution in [2.75, 3.05) is 31.1 Å². The van der Waals surface area contributed by atoms with E-state index in [1.165, 1.54) is 16.7 Å². The molecule has 8 heteroatoms. The summed E-state index contributed by atoms with van der Waals surface area (Å²) in [5.74, 6) is 0.811. The van der Waals surface area contributed by atoms with E-state index in [0.29, 0.717) is 21.5 Å². The molecule has 1 aliphatic heterocycles. The number of phenols is 1. The maximum Gasteiger partial charge on any atom is 0.270 e. The maximum atomic E-state index is 12.8. The average molecular weight is 479 g/mol. The molecule has 0 aromatic heterocycles. The van der Waals surface area contributed by atoms with Crippen LogP contribution < -0.4 is 9.64 Å². The van der Waals surface area contributed by atoms with E-state index < -0.39 is 0 Å². The van der Waals surface area contributed by atoms with Crippen LogP contribution in [-0.2, 0) is 4.79 Å². The lowest BCUT2D eigenvalue weighted by Gasteiger charge is -2.17. The molecule has 0 spiro atoms. The minimum absolute atomic E-state index is 0. The Hall–Kier alpha value is -2.06. The van der Waals surface area contributed by atoms with Crippen LogP contribution >= 0.6 is 36.4 Å². The molecule has 1 N–H and O–H groups in total. The van der Waals surface area contributed by atoms with Gasteiger partial charge in [-0.15, -0.1) is 12.4 Å². The van der Waals surface area contributed by atoms with Crippen LogP contribution in [0.4, 0.5) is 5.69 Å². The van der Waals surface area contributed by atoms with Crippen LogP contribution in [-0.4, -0.2) is 46.5 Å². The van der Waals surface area contributed by atoms with Crippen LogP contribution in [0.25, 0.3) is 6.08 Å². The Morgan fingerprint density at radius 3 is 2.35 bits per heavy atom. The fourth-order valence-corrected chi connectivity index (χ4v) is 4.42. The highest BCUT2D eigenvalue weighted by molar-refractivity contribution is 8.27. The van der Waals surface area contributed by atoms with E-state index in [2.05, 4.69) is 18.7 Å². The second kappa shape index (κ2) is 12.1. The Morgan fingerprint density at radius 2 is 1.74 bits per heavy atom. The molecule has 2 aromatic carbocycles. The highest BCUT2D eigenvalue weighted by Gasteiger charge is 2.33. The summed E-state index contributed by atoms with van der Waals surface area (Å²) in [6.07, 6.45) is 2.83. The minimum atomic E-state index is -0.160. The van der Waals surface area contributed by atoms with Crippen molar-refractivity contribution in [2.45, 2.75) is 20.3 Å². The number of benzene rings is 2. The van der Waals surface area contributed by atoms with Gasteiger partial charge in [-0.3, -0.25) is 9.69 Å². The van der Waals surface area contributed by atoms with Gasteiger partial charge < -0.3 is 14.7 Å². The van der Waals surface area contributed by atoms with Gasteiger partial charge >= 0.3 is 0 Å². The topological polar surface area (TPSA) is 53.0 Å². The third-order valence-corrected chi connectivity index (χ3v) is 6.16. The fourth-order valence-electron chi connectivity index (χ4n) is 3.12. The molecule has 1 amide bonds. The normalized spacial score (nSPS) is 14.9. The number of rotatable bonds is 9. The number of phenolic OH excluding ortho intramolecular Hbond substituents is 1. The van der Waals surface area contributed by atoms with Gasteiger partial charge in [-0.25, -0.2) is 0 Å². The molecule has 0 saturated carbocycles. The van der Waals surface area contributed by atoms with Crippen molar-refractivity contribution in [3.63, 3.8) is 0 Å². The number of carbonyl (C=O) groups excluding carboxylic acids is 1. The number of ether oxygens (including phenoxy) is 1. The highest BCUT2D eigenvalue weighted by Crippen LogP contribution is 2.36. The average Bonchev–Trinajstić information content (AvgIpc) is 3.03. The van der Waals surface area contributed by atoms with Gasteiger partial charge in [0, 0.05) is 6.54 Å². The summed E-state index contributed by atoms with van der Waals surface area (Å²) in [4.78, 5) is 17.2. The number of hydrogen-bond donors (Lipinski definition) is 1. The van der Waals surface area contributed by atoms with Crippen LogP contribution in [0.3, 0.4) is 0 Å². The first kappa shape index (κ1) is 25.2. The summed E-state index contributed by atoms with van der Waals surface area (Å²) in [5.41, 5.74) is 1.56. The number of aromatic hydroxyl groups is 1. The van der Waals surface area contributed by atoms with Gasteiger partial charge in [0.1, 0.15) is 11.5 Å². The number of hydrogen-bond acceptors (Lipinski definition) is 6. The molecule has 5 nitrogen and oxygen atoms in total. The van der Waals surface area contributed by atoms with Crippen LogP contribution in [0, 0.1) is 0 Å². The lowest BCUT2D eigenvalue weighted by atomic mass is 10.2. The Bertz CT molecular complexity index is 913. The SMILES string of the molecule is CCN(CC)CCCOc1ccc(/C=C2\SC(=S)N(c3ccc(O)cc3)C2=O)cc1.Cl. The van der Waals surface area contributed by atoms with Gasteiger partial charge in [0.05, 0.1) is 17.2 Å². The molecule has 0 unspecified atom stereocenters. The predicted molar refractivity (Wildman–Crippen MR) is 135 cm³/mol. The highest BCUT2D eigenvalue weighted by atomic mass is 35.5. The first-order chi connectivity index (χ1) is 14.5. The lowest BCUT2D eigenvalue weighted by molar-refractivity contribution is -0.113. The molecule has 166 valence electrons. The molecular formula is C23H27ClN2O3S2. The first-order valence-corrected chi connectivity index (χ1v) is 11.3. The third-order valence-electron chi connectivity index (χ3n) is 4.86. The van der Waals surface area contributed by atoms with Gasteiger partial charge in [-0.05, 0) is 67.5 Å². The number of anilines is 1. The molecular weight excluding hydrogens is 452 g/mol. The zero-order valence-corrected chi connectivity index (χ0v) is 20.1. The molecule has 0 aliphatic carbocycles. The van der Waals surface area contributed by atoms with Crippen LogP contribution in [0.5, 0.6) is 11.5 Å². The molecule has 0 bridgehead atoms. The van der Waals surface area contributed by atoms with Gasteiger partial charge in [0.15, 0.2) is 4.32 Å². The zero-order chi connectivity index (χ0) is 21.5. The van der Waals surface area contributed by atoms with E-state index in [0.717, 1.165) is 37.4 Å². The van der Waals surface area contributed by atoms with E-state index in [1.54, 1.807) is 24.3 Å². The molecule has 2 aromatic rings. The summed E-state index contributed by atoms with van der Waals surface area (Å²) < 4.78 is 6.30.